The monoisotopic (exact) mass is 328 g/mol. The molecule has 0 bridgehead atoms. The van der Waals surface area contributed by atoms with Crippen LogP contribution in [0.4, 0.5) is 4.39 Å². The second kappa shape index (κ2) is 5.83. The van der Waals surface area contributed by atoms with E-state index in [4.69, 9.17) is 11.6 Å². The summed E-state index contributed by atoms with van der Waals surface area (Å²) >= 11 is 9.04. The van der Waals surface area contributed by atoms with E-state index in [9.17, 15) is 9.50 Å². The Morgan fingerprint density at radius 1 is 1.17 bits per heavy atom. The van der Waals surface area contributed by atoms with E-state index in [1.165, 1.54) is 6.07 Å². The van der Waals surface area contributed by atoms with E-state index in [-0.39, 0.29) is 5.02 Å². The molecule has 0 radical (unpaired) electrons. The lowest BCUT2D eigenvalue weighted by molar-refractivity contribution is 0.178. The number of hydrogen-bond donors (Lipinski definition) is 1. The lowest BCUT2D eigenvalue weighted by Crippen LogP contribution is -2.01. The summed E-state index contributed by atoms with van der Waals surface area (Å²) in [5.74, 6) is -0.446. The third kappa shape index (κ3) is 3.31. The maximum absolute atomic E-state index is 13.0. The minimum atomic E-state index is -0.625. The van der Waals surface area contributed by atoms with E-state index >= 15 is 0 Å². The Hall–Kier alpha value is -0.900. The summed E-state index contributed by atoms with van der Waals surface area (Å²) in [5.41, 5.74) is 1.62. The molecule has 0 aliphatic carbocycles. The van der Waals surface area contributed by atoms with Gasteiger partial charge in [-0.25, -0.2) is 4.39 Å². The van der Waals surface area contributed by atoms with Crippen LogP contribution in [0, 0.1) is 5.82 Å². The van der Waals surface area contributed by atoms with Gasteiger partial charge in [0.15, 0.2) is 0 Å². The van der Waals surface area contributed by atoms with E-state index in [0.29, 0.717) is 6.42 Å². The Morgan fingerprint density at radius 3 is 2.44 bits per heavy atom. The fraction of sp³-hybridized carbons (Fsp3) is 0.143. The molecule has 94 valence electrons. The molecule has 0 fully saturated rings. The predicted molar refractivity (Wildman–Crippen MR) is 74.2 cm³/mol. The third-order valence-corrected chi connectivity index (χ3v) is 3.49. The molecule has 2 aromatic carbocycles. The van der Waals surface area contributed by atoms with Gasteiger partial charge in [-0.05, 0) is 35.4 Å². The first-order valence-corrected chi connectivity index (χ1v) is 6.61. The van der Waals surface area contributed by atoms with Gasteiger partial charge in [-0.3, -0.25) is 0 Å². The predicted octanol–water partition coefficient (Wildman–Crippen LogP) is 4.52. The molecule has 2 rings (SSSR count). The molecule has 4 heteroatoms. The quantitative estimate of drug-likeness (QED) is 0.878. The molecule has 1 unspecified atom stereocenters. The molecule has 0 aromatic heterocycles. The van der Waals surface area contributed by atoms with Crippen LogP contribution in [-0.4, -0.2) is 5.11 Å². The lowest BCUT2D eigenvalue weighted by Gasteiger charge is -2.11. The van der Waals surface area contributed by atoms with Gasteiger partial charge in [0, 0.05) is 10.9 Å². The molecular weight excluding hydrogens is 319 g/mol. The highest BCUT2D eigenvalue weighted by atomic mass is 79.9. The first-order valence-electron chi connectivity index (χ1n) is 5.44. The van der Waals surface area contributed by atoms with Crippen molar-refractivity contribution in [2.45, 2.75) is 12.5 Å². The van der Waals surface area contributed by atoms with Gasteiger partial charge >= 0.3 is 0 Å². The van der Waals surface area contributed by atoms with Crippen molar-refractivity contribution in [1.82, 2.24) is 0 Å². The SMILES string of the molecule is OC(Cc1ccc(F)c(Cl)c1)c1ccc(Br)cc1. The number of benzene rings is 2. The molecule has 0 saturated carbocycles. The number of rotatable bonds is 3. The zero-order valence-corrected chi connectivity index (χ0v) is 11.7. The van der Waals surface area contributed by atoms with E-state index < -0.39 is 11.9 Å². The fourth-order valence-corrected chi connectivity index (χ4v) is 2.16. The highest BCUT2D eigenvalue weighted by Crippen LogP contribution is 2.23. The average molecular weight is 330 g/mol. The highest BCUT2D eigenvalue weighted by Gasteiger charge is 2.10. The molecule has 1 atom stereocenters. The van der Waals surface area contributed by atoms with E-state index in [1.807, 2.05) is 24.3 Å². The molecule has 0 heterocycles. The summed E-state index contributed by atoms with van der Waals surface area (Å²) in [6, 6.07) is 11.9. The number of aliphatic hydroxyl groups is 1. The fourth-order valence-electron chi connectivity index (χ4n) is 1.69. The largest absolute Gasteiger partial charge is 0.388 e. The molecule has 18 heavy (non-hydrogen) atoms. The van der Waals surface area contributed by atoms with Crippen LogP contribution in [0.1, 0.15) is 17.2 Å². The van der Waals surface area contributed by atoms with Crippen molar-refractivity contribution in [2.75, 3.05) is 0 Å². The van der Waals surface area contributed by atoms with Crippen molar-refractivity contribution in [1.29, 1.82) is 0 Å². The molecule has 0 aliphatic rings. The van der Waals surface area contributed by atoms with Gasteiger partial charge in [-0.15, -0.1) is 0 Å². The summed E-state index contributed by atoms with van der Waals surface area (Å²) in [4.78, 5) is 0. The molecule has 0 spiro atoms. The first kappa shape index (κ1) is 13.5. The van der Waals surface area contributed by atoms with Gasteiger partial charge in [0.2, 0.25) is 0 Å². The zero-order valence-electron chi connectivity index (χ0n) is 9.41. The van der Waals surface area contributed by atoms with E-state index in [1.54, 1.807) is 12.1 Å². The van der Waals surface area contributed by atoms with Crippen molar-refractivity contribution in [3.05, 3.63) is 68.9 Å². The Balaban J connectivity index is 2.13. The van der Waals surface area contributed by atoms with Crippen molar-refractivity contribution >= 4 is 27.5 Å². The van der Waals surface area contributed by atoms with Crippen LogP contribution >= 0.6 is 27.5 Å². The van der Waals surface area contributed by atoms with Crippen LogP contribution in [-0.2, 0) is 6.42 Å². The summed E-state index contributed by atoms with van der Waals surface area (Å²) in [6.45, 7) is 0. The van der Waals surface area contributed by atoms with Crippen LogP contribution in [0.2, 0.25) is 5.02 Å². The number of hydrogen-bond acceptors (Lipinski definition) is 1. The Labute approximate surface area is 118 Å². The van der Waals surface area contributed by atoms with Crippen molar-refractivity contribution in [3.8, 4) is 0 Å². The second-order valence-corrected chi connectivity index (χ2v) is 5.34. The van der Waals surface area contributed by atoms with Gasteiger partial charge in [-0.2, -0.15) is 0 Å². The molecule has 1 N–H and O–H groups in total. The zero-order chi connectivity index (χ0) is 13.1. The molecule has 0 aliphatic heterocycles. The number of aliphatic hydroxyl groups excluding tert-OH is 1. The normalized spacial score (nSPS) is 12.4. The van der Waals surface area contributed by atoms with Crippen LogP contribution < -0.4 is 0 Å². The highest BCUT2D eigenvalue weighted by molar-refractivity contribution is 9.10. The summed E-state index contributed by atoms with van der Waals surface area (Å²) in [5, 5.41) is 10.2. The van der Waals surface area contributed by atoms with Crippen LogP contribution in [0.5, 0.6) is 0 Å². The van der Waals surface area contributed by atoms with Crippen LogP contribution in [0.15, 0.2) is 46.9 Å². The van der Waals surface area contributed by atoms with Crippen molar-refractivity contribution in [2.24, 2.45) is 0 Å². The summed E-state index contributed by atoms with van der Waals surface area (Å²) in [7, 11) is 0. The van der Waals surface area contributed by atoms with Crippen LogP contribution in [0.3, 0.4) is 0 Å². The van der Waals surface area contributed by atoms with Gasteiger partial charge < -0.3 is 5.11 Å². The lowest BCUT2D eigenvalue weighted by atomic mass is 10.0. The minimum absolute atomic E-state index is 0.0792. The van der Waals surface area contributed by atoms with E-state index in [0.717, 1.165) is 15.6 Å². The summed E-state index contributed by atoms with van der Waals surface area (Å²) in [6.07, 6.45) is -0.221. The van der Waals surface area contributed by atoms with Crippen LogP contribution in [0.25, 0.3) is 0 Å². The Kier molecular flexibility index (Phi) is 4.38. The third-order valence-electron chi connectivity index (χ3n) is 2.67. The standard InChI is InChI=1S/C14H11BrClFO/c15-11-4-2-10(3-5-11)14(18)8-9-1-6-13(17)12(16)7-9/h1-7,14,18H,8H2. The second-order valence-electron chi connectivity index (χ2n) is 4.02. The Bertz CT molecular complexity index is 542. The molecular formula is C14H11BrClFO. The molecule has 0 amide bonds. The molecule has 0 saturated heterocycles. The average Bonchev–Trinajstić information content (AvgIpc) is 2.34. The number of halogens is 3. The minimum Gasteiger partial charge on any atom is -0.388 e. The van der Waals surface area contributed by atoms with Crippen molar-refractivity contribution in [3.63, 3.8) is 0 Å². The maximum Gasteiger partial charge on any atom is 0.141 e. The molecule has 2 aromatic rings. The maximum atomic E-state index is 13.0. The van der Waals surface area contributed by atoms with Gasteiger partial charge in [0.25, 0.3) is 0 Å². The van der Waals surface area contributed by atoms with Gasteiger partial charge in [0.05, 0.1) is 11.1 Å². The van der Waals surface area contributed by atoms with E-state index in [2.05, 4.69) is 15.9 Å². The van der Waals surface area contributed by atoms with Crippen molar-refractivity contribution < 1.29 is 9.50 Å². The summed E-state index contributed by atoms with van der Waals surface area (Å²) < 4.78 is 14.0. The molecule has 1 nitrogen and oxygen atoms in total. The first-order chi connectivity index (χ1) is 8.56. The smallest absolute Gasteiger partial charge is 0.141 e. The van der Waals surface area contributed by atoms with Gasteiger partial charge in [0.1, 0.15) is 5.82 Å². The topological polar surface area (TPSA) is 20.2 Å². The Morgan fingerprint density at radius 2 is 1.83 bits per heavy atom. The van der Waals surface area contributed by atoms with Gasteiger partial charge in [-0.1, -0.05) is 45.7 Å².